The van der Waals surface area contributed by atoms with E-state index >= 15 is 0 Å². The van der Waals surface area contributed by atoms with Crippen molar-refractivity contribution < 1.29 is 33.5 Å². The molecule has 4 rings (SSSR count). The Bertz CT molecular complexity index is 1420. The number of rotatable bonds is 5. The van der Waals surface area contributed by atoms with Crippen LogP contribution < -0.4 is 15.2 Å². The Labute approximate surface area is 300 Å². The number of nitrogens with zero attached hydrogens (tertiary/aromatic N) is 3. The molecule has 2 saturated heterocycles. The number of hydrogen-bond acceptors (Lipinski definition) is 9. The van der Waals surface area contributed by atoms with E-state index in [1.54, 1.807) is 21.9 Å². The largest absolute Gasteiger partial charge is 0.487 e. The van der Waals surface area contributed by atoms with Gasteiger partial charge in [0.05, 0.1) is 25.0 Å². The van der Waals surface area contributed by atoms with Crippen molar-refractivity contribution in [3.05, 3.63) is 54.5 Å². The van der Waals surface area contributed by atoms with Gasteiger partial charge in [0.2, 0.25) is 0 Å². The topological polar surface area (TPSA) is 147 Å². The molecule has 0 aromatic heterocycles. The standard InChI is InChI=1S/C16H20Cl2N2O5.C16H22Cl2N2O3/c1-16(2,3)25-15(21)19-6-4-11(5-7-19)24-14-12(17)8-10(20(22)23)9-13(14)18;1-16(2,3)23-15(21)20-6-4-11(5-7-20)22-14-12(17)8-10(19)9-13(14)18/h8-9,11H,4-7H2,1-3H3;8-9,11H,4-7,19H2,1-3H3. The highest BCUT2D eigenvalue weighted by Gasteiger charge is 2.30. The lowest BCUT2D eigenvalue weighted by molar-refractivity contribution is -0.384. The second kappa shape index (κ2) is 16.6. The van der Waals surface area contributed by atoms with Crippen molar-refractivity contribution in [2.75, 3.05) is 31.9 Å². The maximum atomic E-state index is 12.0. The van der Waals surface area contributed by atoms with Gasteiger partial charge in [-0.05, 0) is 53.7 Å². The summed E-state index contributed by atoms with van der Waals surface area (Å²) in [5, 5.41) is 11.8. The molecule has 2 N–H and O–H groups in total. The van der Waals surface area contributed by atoms with Gasteiger partial charge >= 0.3 is 12.2 Å². The first-order chi connectivity index (χ1) is 22.2. The van der Waals surface area contributed by atoms with Gasteiger partial charge in [-0.15, -0.1) is 0 Å². The van der Waals surface area contributed by atoms with Crippen molar-refractivity contribution in [3.8, 4) is 11.5 Å². The van der Waals surface area contributed by atoms with Crippen LogP contribution in [0.1, 0.15) is 67.2 Å². The van der Waals surface area contributed by atoms with Crippen LogP contribution in [0.3, 0.4) is 0 Å². The number of nitrogens with two attached hydrogens (primary N) is 1. The third kappa shape index (κ3) is 12.1. The lowest BCUT2D eigenvalue weighted by atomic mass is 10.1. The van der Waals surface area contributed by atoms with Crippen molar-refractivity contribution >= 4 is 70.0 Å². The Morgan fingerprint density at radius 1 is 0.708 bits per heavy atom. The summed E-state index contributed by atoms with van der Waals surface area (Å²) in [5.41, 5.74) is 4.95. The number of amides is 2. The number of halogens is 4. The smallest absolute Gasteiger partial charge is 0.410 e. The highest BCUT2D eigenvalue weighted by atomic mass is 35.5. The predicted molar refractivity (Wildman–Crippen MR) is 187 cm³/mol. The molecule has 2 fully saturated rings. The van der Waals surface area contributed by atoms with E-state index in [4.69, 9.17) is 71.1 Å². The molecular formula is C32H42Cl4N4O8. The van der Waals surface area contributed by atoms with E-state index in [1.807, 2.05) is 41.5 Å². The monoisotopic (exact) mass is 750 g/mol. The number of nitro groups is 1. The summed E-state index contributed by atoms with van der Waals surface area (Å²) in [7, 11) is 0. The average Bonchev–Trinajstić information content (AvgIpc) is 2.96. The molecule has 12 nitrogen and oxygen atoms in total. The van der Waals surface area contributed by atoms with Crippen molar-refractivity contribution in [1.29, 1.82) is 0 Å². The molecule has 266 valence electrons. The molecule has 0 atom stereocenters. The van der Waals surface area contributed by atoms with Crippen molar-refractivity contribution in [2.45, 2.75) is 90.6 Å². The summed E-state index contributed by atoms with van der Waals surface area (Å²) >= 11 is 24.4. The maximum Gasteiger partial charge on any atom is 0.410 e. The molecule has 0 saturated carbocycles. The Hall–Kier alpha value is -3.06. The number of nitro benzene ring substituents is 1. The Kier molecular flexibility index (Phi) is 13.6. The van der Waals surface area contributed by atoms with E-state index in [1.165, 1.54) is 12.1 Å². The van der Waals surface area contributed by atoms with E-state index in [9.17, 15) is 19.7 Å². The lowest BCUT2D eigenvalue weighted by Gasteiger charge is -2.33. The van der Waals surface area contributed by atoms with Gasteiger partial charge in [0, 0.05) is 69.7 Å². The SMILES string of the molecule is CC(C)(C)OC(=O)N1CCC(Oc2c(Cl)cc(N)cc2Cl)CC1.CC(C)(C)OC(=O)N1CCC(Oc2c(Cl)cc([N+](=O)[O-])cc2Cl)CC1. The third-order valence-electron chi connectivity index (χ3n) is 6.97. The van der Waals surface area contributed by atoms with Crippen molar-refractivity contribution in [2.24, 2.45) is 0 Å². The van der Waals surface area contributed by atoms with Gasteiger partial charge in [-0.25, -0.2) is 9.59 Å². The molecule has 2 aromatic carbocycles. The Morgan fingerprint density at radius 2 is 1.02 bits per heavy atom. The second-order valence-corrected chi connectivity index (χ2v) is 15.0. The van der Waals surface area contributed by atoms with Crippen LogP contribution in [0.15, 0.2) is 24.3 Å². The number of anilines is 1. The lowest BCUT2D eigenvalue weighted by Crippen LogP contribution is -2.44. The number of benzene rings is 2. The Morgan fingerprint density at radius 3 is 1.31 bits per heavy atom. The molecular weight excluding hydrogens is 710 g/mol. The first-order valence-corrected chi connectivity index (χ1v) is 16.9. The molecule has 48 heavy (non-hydrogen) atoms. The van der Waals surface area contributed by atoms with E-state index < -0.39 is 16.1 Å². The van der Waals surface area contributed by atoms with Gasteiger partial charge in [0.1, 0.15) is 23.4 Å². The molecule has 0 bridgehead atoms. The molecule has 2 amide bonds. The quantitative estimate of drug-likeness (QED) is 0.180. The van der Waals surface area contributed by atoms with Crippen LogP contribution in [0.25, 0.3) is 0 Å². The summed E-state index contributed by atoms with van der Waals surface area (Å²) in [6, 6.07) is 5.63. The normalized spacial score (nSPS) is 16.0. The number of nitrogen functional groups attached to an aromatic ring is 1. The van der Waals surface area contributed by atoms with Crippen LogP contribution in [-0.4, -0.2) is 76.5 Å². The van der Waals surface area contributed by atoms with E-state index in [-0.39, 0.29) is 45.9 Å². The molecule has 2 aliphatic rings. The molecule has 16 heteroatoms. The first-order valence-electron chi connectivity index (χ1n) is 15.4. The van der Waals surface area contributed by atoms with Gasteiger partial charge in [0.25, 0.3) is 5.69 Å². The number of hydrogen-bond donors (Lipinski definition) is 1. The van der Waals surface area contributed by atoms with Gasteiger partial charge in [-0.3, -0.25) is 10.1 Å². The number of carbonyl (C=O) groups excluding carboxylic acids is 2. The van der Waals surface area contributed by atoms with Gasteiger partial charge < -0.3 is 34.5 Å². The zero-order valence-electron chi connectivity index (χ0n) is 27.8. The zero-order chi connectivity index (χ0) is 36.0. The number of piperidine rings is 2. The molecule has 2 aromatic rings. The van der Waals surface area contributed by atoms with Crippen molar-refractivity contribution in [3.63, 3.8) is 0 Å². The summed E-state index contributed by atoms with van der Waals surface area (Å²) in [5.74, 6) is 0.669. The fraction of sp³-hybridized carbons (Fsp3) is 0.562. The summed E-state index contributed by atoms with van der Waals surface area (Å²) in [4.78, 5) is 37.6. The van der Waals surface area contributed by atoms with Crippen LogP contribution in [0.5, 0.6) is 11.5 Å². The molecule has 2 aliphatic heterocycles. The van der Waals surface area contributed by atoms with Crippen LogP contribution in [0.4, 0.5) is 21.0 Å². The van der Waals surface area contributed by atoms with E-state index in [0.29, 0.717) is 73.3 Å². The van der Waals surface area contributed by atoms with Gasteiger partial charge in [-0.1, -0.05) is 46.4 Å². The number of ether oxygens (including phenoxy) is 4. The molecule has 2 heterocycles. The summed E-state index contributed by atoms with van der Waals surface area (Å²) in [6.07, 6.45) is 1.68. The summed E-state index contributed by atoms with van der Waals surface area (Å²) < 4.78 is 22.4. The van der Waals surface area contributed by atoms with E-state index in [2.05, 4.69) is 0 Å². The highest BCUT2D eigenvalue weighted by molar-refractivity contribution is 6.38. The molecule has 0 radical (unpaired) electrons. The Balaban J connectivity index is 0.000000261. The molecule has 0 spiro atoms. The zero-order valence-corrected chi connectivity index (χ0v) is 30.8. The van der Waals surface area contributed by atoms with Crippen LogP contribution in [0.2, 0.25) is 20.1 Å². The van der Waals surface area contributed by atoms with Crippen LogP contribution >= 0.6 is 46.4 Å². The average molecular weight is 753 g/mol. The van der Waals surface area contributed by atoms with E-state index in [0.717, 1.165) is 0 Å². The fourth-order valence-electron chi connectivity index (χ4n) is 4.76. The minimum Gasteiger partial charge on any atom is -0.487 e. The molecule has 0 aliphatic carbocycles. The van der Waals surface area contributed by atoms with Crippen LogP contribution in [0, 0.1) is 10.1 Å². The number of carbonyl (C=O) groups is 2. The van der Waals surface area contributed by atoms with Gasteiger partial charge in [-0.2, -0.15) is 0 Å². The predicted octanol–water partition coefficient (Wildman–Crippen LogP) is 9.03. The third-order valence-corrected chi connectivity index (χ3v) is 8.09. The maximum absolute atomic E-state index is 12.0. The van der Waals surface area contributed by atoms with Crippen LogP contribution in [-0.2, 0) is 9.47 Å². The van der Waals surface area contributed by atoms with Crippen molar-refractivity contribution in [1.82, 2.24) is 9.80 Å². The summed E-state index contributed by atoms with van der Waals surface area (Å²) in [6.45, 7) is 13.1. The number of likely N-dealkylation sites (tertiary alicyclic amines) is 2. The fourth-order valence-corrected chi connectivity index (χ4v) is 5.91. The number of non-ortho nitro benzene ring substituents is 1. The second-order valence-electron chi connectivity index (χ2n) is 13.4. The highest BCUT2D eigenvalue weighted by Crippen LogP contribution is 2.39. The molecule has 0 unspecified atom stereocenters. The van der Waals surface area contributed by atoms with Gasteiger partial charge in [0.15, 0.2) is 11.5 Å². The minimum atomic E-state index is -0.569. The minimum absolute atomic E-state index is 0.0488. The first kappa shape index (κ1) is 39.4.